The van der Waals surface area contributed by atoms with Crippen LogP contribution in [0.3, 0.4) is 0 Å². The molecule has 1 amide bonds. The summed E-state index contributed by atoms with van der Waals surface area (Å²) in [6, 6.07) is 9.42. The predicted molar refractivity (Wildman–Crippen MR) is 75.4 cm³/mol. The first kappa shape index (κ1) is 15.2. The van der Waals surface area contributed by atoms with Crippen LogP contribution >= 0.6 is 0 Å². The Morgan fingerprint density at radius 3 is 2.79 bits per heavy atom. The molecular formula is C15H21N3O. The summed E-state index contributed by atoms with van der Waals surface area (Å²) in [7, 11) is 0. The van der Waals surface area contributed by atoms with Gasteiger partial charge in [0, 0.05) is 12.6 Å². The first-order chi connectivity index (χ1) is 9.06. The van der Waals surface area contributed by atoms with Crippen LogP contribution in [-0.2, 0) is 11.3 Å². The van der Waals surface area contributed by atoms with E-state index in [4.69, 9.17) is 5.26 Å². The molecule has 2 N–H and O–H groups in total. The van der Waals surface area contributed by atoms with E-state index in [0.29, 0.717) is 12.1 Å². The zero-order valence-electron chi connectivity index (χ0n) is 11.7. The third-order valence-corrected chi connectivity index (χ3v) is 3.06. The van der Waals surface area contributed by atoms with Gasteiger partial charge in [0.15, 0.2) is 0 Å². The summed E-state index contributed by atoms with van der Waals surface area (Å²) < 4.78 is 0. The van der Waals surface area contributed by atoms with Gasteiger partial charge in [-0.25, -0.2) is 0 Å². The summed E-state index contributed by atoms with van der Waals surface area (Å²) in [5.41, 5.74) is 1.64. The Bertz CT molecular complexity index is 465. The number of hydrogen-bond donors (Lipinski definition) is 2. The zero-order chi connectivity index (χ0) is 14.3. The molecule has 0 aliphatic rings. The number of amides is 1. The highest BCUT2D eigenvalue weighted by molar-refractivity contribution is 5.81. The molecule has 2 unspecified atom stereocenters. The van der Waals surface area contributed by atoms with Gasteiger partial charge in [-0.2, -0.15) is 5.26 Å². The van der Waals surface area contributed by atoms with E-state index in [1.54, 1.807) is 6.07 Å². The van der Waals surface area contributed by atoms with Crippen LogP contribution < -0.4 is 10.6 Å². The van der Waals surface area contributed by atoms with Gasteiger partial charge in [0.2, 0.25) is 5.91 Å². The molecule has 0 aliphatic heterocycles. The Morgan fingerprint density at radius 2 is 2.16 bits per heavy atom. The van der Waals surface area contributed by atoms with Crippen molar-refractivity contribution >= 4 is 5.91 Å². The van der Waals surface area contributed by atoms with Crippen LogP contribution in [-0.4, -0.2) is 18.0 Å². The van der Waals surface area contributed by atoms with Crippen molar-refractivity contribution in [3.8, 4) is 6.07 Å². The fourth-order valence-electron chi connectivity index (χ4n) is 1.58. The zero-order valence-corrected chi connectivity index (χ0v) is 11.7. The summed E-state index contributed by atoms with van der Waals surface area (Å²) in [6.07, 6.45) is 0.919. The van der Waals surface area contributed by atoms with Gasteiger partial charge in [0.05, 0.1) is 17.7 Å². The highest BCUT2D eigenvalue weighted by Gasteiger charge is 2.13. The largest absolute Gasteiger partial charge is 0.352 e. The van der Waals surface area contributed by atoms with E-state index in [9.17, 15) is 4.79 Å². The highest BCUT2D eigenvalue weighted by atomic mass is 16.2. The second kappa shape index (κ2) is 7.55. The second-order valence-electron chi connectivity index (χ2n) is 4.73. The number of nitriles is 1. The van der Waals surface area contributed by atoms with Crippen molar-refractivity contribution in [1.82, 2.24) is 10.6 Å². The van der Waals surface area contributed by atoms with Crippen molar-refractivity contribution in [2.24, 2.45) is 0 Å². The fraction of sp³-hybridized carbons (Fsp3) is 0.467. The summed E-state index contributed by atoms with van der Waals surface area (Å²) in [6.45, 7) is 6.44. The van der Waals surface area contributed by atoms with E-state index in [0.717, 1.165) is 12.0 Å². The maximum atomic E-state index is 11.8. The quantitative estimate of drug-likeness (QED) is 0.820. The molecule has 2 atom stereocenters. The van der Waals surface area contributed by atoms with Crippen LogP contribution in [0.4, 0.5) is 0 Å². The third kappa shape index (κ3) is 5.11. The van der Waals surface area contributed by atoms with Gasteiger partial charge in [0.1, 0.15) is 0 Å². The van der Waals surface area contributed by atoms with Crippen LogP contribution in [0.2, 0.25) is 0 Å². The minimum absolute atomic E-state index is 0.00536. The summed E-state index contributed by atoms with van der Waals surface area (Å²) in [5, 5.41) is 14.9. The number of hydrogen-bond acceptors (Lipinski definition) is 3. The Balaban J connectivity index is 2.47. The van der Waals surface area contributed by atoms with Gasteiger partial charge in [-0.1, -0.05) is 19.1 Å². The topological polar surface area (TPSA) is 64.9 Å². The van der Waals surface area contributed by atoms with Gasteiger partial charge >= 0.3 is 0 Å². The molecule has 0 heterocycles. The molecule has 0 bridgehead atoms. The number of nitrogens with zero attached hydrogens (tertiary/aromatic N) is 1. The van der Waals surface area contributed by atoms with E-state index in [-0.39, 0.29) is 18.0 Å². The molecule has 1 rings (SSSR count). The highest BCUT2D eigenvalue weighted by Crippen LogP contribution is 2.04. The summed E-state index contributed by atoms with van der Waals surface area (Å²) in [5.74, 6) is 0.00536. The van der Waals surface area contributed by atoms with Crippen LogP contribution in [0, 0.1) is 11.3 Å². The lowest BCUT2D eigenvalue weighted by molar-refractivity contribution is -0.123. The van der Waals surface area contributed by atoms with Gasteiger partial charge < -0.3 is 10.6 Å². The molecule has 0 aliphatic carbocycles. The Labute approximate surface area is 114 Å². The normalized spacial score (nSPS) is 13.4. The third-order valence-electron chi connectivity index (χ3n) is 3.06. The molecule has 0 spiro atoms. The minimum Gasteiger partial charge on any atom is -0.352 e. The van der Waals surface area contributed by atoms with E-state index in [2.05, 4.69) is 16.7 Å². The minimum atomic E-state index is -0.250. The summed E-state index contributed by atoms with van der Waals surface area (Å²) >= 11 is 0. The average Bonchev–Trinajstić information content (AvgIpc) is 2.44. The van der Waals surface area contributed by atoms with Crippen molar-refractivity contribution in [2.75, 3.05) is 0 Å². The predicted octanol–water partition coefficient (Wildman–Crippen LogP) is 1.95. The van der Waals surface area contributed by atoms with Crippen LogP contribution in [0.1, 0.15) is 38.3 Å². The molecular weight excluding hydrogens is 238 g/mol. The fourth-order valence-corrected chi connectivity index (χ4v) is 1.58. The van der Waals surface area contributed by atoms with Gasteiger partial charge in [-0.05, 0) is 38.0 Å². The Hall–Kier alpha value is -1.86. The SMILES string of the molecule is CCC(C)NC(=O)C(C)NCc1cccc(C#N)c1. The van der Waals surface area contributed by atoms with Crippen LogP contribution in [0.5, 0.6) is 0 Å². The average molecular weight is 259 g/mol. The van der Waals surface area contributed by atoms with E-state index >= 15 is 0 Å². The number of carbonyl (C=O) groups is 1. The molecule has 102 valence electrons. The van der Waals surface area contributed by atoms with E-state index in [1.807, 2.05) is 39.0 Å². The second-order valence-corrected chi connectivity index (χ2v) is 4.73. The molecule has 4 heteroatoms. The monoisotopic (exact) mass is 259 g/mol. The van der Waals surface area contributed by atoms with Crippen LogP contribution in [0.25, 0.3) is 0 Å². The Morgan fingerprint density at radius 1 is 1.42 bits per heavy atom. The van der Waals surface area contributed by atoms with Crippen molar-refractivity contribution < 1.29 is 4.79 Å². The molecule has 0 radical (unpaired) electrons. The molecule has 0 fully saturated rings. The van der Waals surface area contributed by atoms with Gasteiger partial charge in [-0.3, -0.25) is 4.79 Å². The molecule has 19 heavy (non-hydrogen) atoms. The molecule has 0 saturated carbocycles. The smallest absolute Gasteiger partial charge is 0.237 e. The molecule has 0 saturated heterocycles. The van der Waals surface area contributed by atoms with Crippen LogP contribution in [0.15, 0.2) is 24.3 Å². The number of nitrogens with one attached hydrogen (secondary N) is 2. The van der Waals surface area contributed by atoms with Crippen molar-refractivity contribution in [2.45, 2.75) is 45.8 Å². The van der Waals surface area contributed by atoms with E-state index < -0.39 is 0 Å². The van der Waals surface area contributed by atoms with Gasteiger partial charge in [-0.15, -0.1) is 0 Å². The summed E-state index contributed by atoms with van der Waals surface area (Å²) in [4.78, 5) is 11.8. The first-order valence-corrected chi connectivity index (χ1v) is 6.59. The lowest BCUT2D eigenvalue weighted by atomic mass is 10.1. The lowest BCUT2D eigenvalue weighted by Gasteiger charge is -2.17. The number of rotatable bonds is 6. The van der Waals surface area contributed by atoms with Crippen molar-refractivity contribution in [3.63, 3.8) is 0 Å². The number of carbonyl (C=O) groups excluding carboxylic acids is 1. The molecule has 1 aromatic carbocycles. The Kier molecular flexibility index (Phi) is 6.04. The van der Waals surface area contributed by atoms with Crippen molar-refractivity contribution in [3.05, 3.63) is 35.4 Å². The molecule has 1 aromatic rings. The van der Waals surface area contributed by atoms with E-state index in [1.165, 1.54) is 0 Å². The maximum absolute atomic E-state index is 11.8. The molecule has 4 nitrogen and oxygen atoms in total. The lowest BCUT2D eigenvalue weighted by Crippen LogP contribution is -2.45. The van der Waals surface area contributed by atoms with Crippen molar-refractivity contribution in [1.29, 1.82) is 5.26 Å². The first-order valence-electron chi connectivity index (χ1n) is 6.59. The maximum Gasteiger partial charge on any atom is 0.237 e. The standard InChI is InChI=1S/C15H21N3O/c1-4-11(2)18-15(19)12(3)17-10-14-7-5-6-13(8-14)9-16/h5-8,11-12,17H,4,10H2,1-3H3,(H,18,19). The van der Waals surface area contributed by atoms with Gasteiger partial charge in [0.25, 0.3) is 0 Å². The number of benzene rings is 1. The molecule has 0 aromatic heterocycles.